The SMILES string of the molecule is [O-]C(O)CC1CCSS1. The summed E-state index contributed by atoms with van der Waals surface area (Å²) in [4.78, 5) is 0. The predicted octanol–water partition coefficient (Wildman–Crippen LogP) is 0.209. The summed E-state index contributed by atoms with van der Waals surface area (Å²) in [5.74, 6) is 1.13. The monoisotopic (exact) mass is 165 g/mol. The van der Waals surface area contributed by atoms with E-state index < -0.39 is 6.29 Å². The largest absolute Gasteiger partial charge is 0.831 e. The highest BCUT2D eigenvalue weighted by molar-refractivity contribution is 8.77. The zero-order valence-electron chi connectivity index (χ0n) is 4.95. The number of hydrogen-bond donors (Lipinski definition) is 1. The second-order valence-corrected chi connectivity index (χ2v) is 4.81. The molecule has 0 aromatic carbocycles. The molecule has 2 unspecified atom stereocenters. The normalized spacial score (nSPS) is 30.7. The van der Waals surface area contributed by atoms with Crippen LogP contribution in [0.4, 0.5) is 0 Å². The van der Waals surface area contributed by atoms with Crippen LogP contribution in [-0.2, 0) is 0 Å². The molecule has 1 heterocycles. The summed E-state index contributed by atoms with van der Waals surface area (Å²) in [6.45, 7) is 0. The Balaban J connectivity index is 2.11. The van der Waals surface area contributed by atoms with Crippen LogP contribution < -0.4 is 5.11 Å². The molecule has 0 aliphatic carbocycles. The summed E-state index contributed by atoms with van der Waals surface area (Å²) < 4.78 is 0. The average Bonchev–Trinajstić information content (AvgIpc) is 2.15. The van der Waals surface area contributed by atoms with Crippen LogP contribution in [0.15, 0.2) is 0 Å². The van der Waals surface area contributed by atoms with Gasteiger partial charge in [0, 0.05) is 11.0 Å². The highest BCUT2D eigenvalue weighted by atomic mass is 33.1. The van der Waals surface area contributed by atoms with Gasteiger partial charge in [-0.15, -0.1) is 0 Å². The number of hydrogen-bond acceptors (Lipinski definition) is 4. The van der Waals surface area contributed by atoms with E-state index in [1.165, 1.54) is 0 Å². The van der Waals surface area contributed by atoms with Crippen molar-refractivity contribution in [2.75, 3.05) is 5.75 Å². The summed E-state index contributed by atoms with van der Waals surface area (Å²) >= 11 is 0. The molecule has 0 radical (unpaired) electrons. The zero-order chi connectivity index (χ0) is 6.69. The maximum Gasteiger partial charge on any atom is 0.0170 e. The van der Waals surface area contributed by atoms with E-state index >= 15 is 0 Å². The van der Waals surface area contributed by atoms with Crippen LogP contribution in [-0.4, -0.2) is 22.4 Å². The molecular weight excluding hydrogens is 156 g/mol. The van der Waals surface area contributed by atoms with Gasteiger partial charge in [-0.2, -0.15) is 0 Å². The highest BCUT2D eigenvalue weighted by Crippen LogP contribution is 2.39. The third-order valence-corrected chi connectivity index (χ3v) is 4.16. The zero-order valence-corrected chi connectivity index (χ0v) is 6.58. The van der Waals surface area contributed by atoms with E-state index in [0.29, 0.717) is 11.7 Å². The van der Waals surface area contributed by atoms with Gasteiger partial charge in [-0.3, -0.25) is 0 Å². The Labute approximate surface area is 62.4 Å². The second kappa shape index (κ2) is 3.71. The molecule has 0 spiro atoms. The van der Waals surface area contributed by atoms with Gasteiger partial charge in [0.1, 0.15) is 0 Å². The van der Waals surface area contributed by atoms with Gasteiger partial charge in [0.15, 0.2) is 0 Å². The van der Waals surface area contributed by atoms with E-state index in [0.717, 1.165) is 12.2 Å². The Morgan fingerprint density at radius 3 is 3.00 bits per heavy atom. The van der Waals surface area contributed by atoms with Gasteiger partial charge in [0.05, 0.1) is 0 Å². The summed E-state index contributed by atoms with van der Waals surface area (Å²) in [5.41, 5.74) is 0. The van der Waals surface area contributed by atoms with Crippen LogP contribution in [0.1, 0.15) is 12.8 Å². The summed E-state index contributed by atoms with van der Waals surface area (Å²) in [6, 6.07) is 0. The molecule has 0 aromatic heterocycles. The van der Waals surface area contributed by atoms with Crippen LogP contribution in [0.2, 0.25) is 0 Å². The van der Waals surface area contributed by atoms with Crippen molar-refractivity contribution in [3.63, 3.8) is 0 Å². The Morgan fingerprint density at radius 2 is 2.56 bits per heavy atom. The minimum atomic E-state index is -1.36. The molecule has 2 nitrogen and oxygen atoms in total. The van der Waals surface area contributed by atoms with E-state index in [1.807, 2.05) is 0 Å². The summed E-state index contributed by atoms with van der Waals surface area (Å²) in [5, 5.41) is 19.1. The molecule has 1 aliphatic rings. The topological polar surface area (TPSA) is 43.3 Å². The van der Waals surface area contributed by atoms with E-state index in [4.69, 9.17) is 5.11 Å². The van der Waals surface area contributed by atoms with Crippen molar-refractivity contribution in [3.8, 4) is 0 Å². The lowest BCUT2D eigenvalue weighted by molar-refractivity contribution is -0.483. The minimum Gasteiger partial charge on any atom is -0.831 e. The van der Waals surface area contributed by atoms with Gasteiger partial charge >= 0.3 is 0 Å². The van der Waals surface area contributed by atoms with Gasteiger partial charge in [0.2, 0.25) is 0 Å². The van der Waals surface area contributed by atoms with E-state index in [9.17, 15) is 5.11 Å². The Morgan fingerprint density at radius 1 is 1.78 bits per heavy atom. The molecule has 1 rings (SSSR count). The molecule has 1 fully saturated rings. The first kappa shape index (κ1) is 7.72. The molecule has 1 aliphatic heterocycles. The fourth-order valence-corrected chi connectivity index (χ4v) is 3.71. The first-order chi connectivity index (χ1) is 4.29. The van der Waals surface area contributed by atoms with Crippen LogP contribution in [0.3, 0.4) is 0 Å². The van der Waals surface area contributed by atoms with Crippen LogP contribution >= 0.6 is 21.6 Å². The smallest absolute Gasteiger partial charge is 0.0170 e. The molecule has 0 amide bonds. The van der Waals surface area contributed by atoms with Crippen molar-refractivity contribution in [1.82, 2.24) is 0 Å². The second-order valence-electron chi connectivity index (χ2n) is 2.02. The maximum atomic E-state index is 10.2. The summed E-state index contributed by atoms with van der Waals surface area (Å²) in [7, 11) is 3.52. The maximum absolute atomic E-state index is 10.2. The standard InChI is InChI=1S/C5H9O2S2/c6-5(7)3-4-1-2-8-9-4/h4-6H,1-3H2/q-1. The molecule has 0 aromatic rings. The molecule has 2 atom stereocenters. The van der Waals surface area contributed by atoms with Crippen molar-refractivity contribution in [1.29, 1.82) is 0 Å². The van der Waals surface area contributed by atoms with Crippen molar-refractivity contribution in [2.24, 2.45) is 0 Å². The molecule has 0 saturated carbocycles. The first-order valence-electron chi connectivity index (χ1n) is 2.91. The summed E-state index contributed by atoms with van der Waals surface area (Å²) in [6.07, 6.45) is 0.132. The van der Waals surface area contributed by atoms with Gasteiger partial charge < -0.3 is 10.2 Å². The predicted molar refractivity (Wildman–Crippen MR) is 39.1 cm³/mol. The third-order valence-electron chi connectivity index (χ3n) is 1.19. The van der Waals surface area contributed by atoms with Crippen molar-refractivity contribution >= 4 is 21.6 Å². The molecule has 4 heteroatoms. The fourth-order valence-electron chi connectivity index (χ4n) is 0.754. The van der Waals surface area contributed by atoms with Crippen molar-refractivity contribution in [2.45, 2.75) is 24.4 Å². The highest BCUT2D eigenvalue weighted by Gasteiger charge is 2.15. The van der Waals surface area contributed by atoms with Crippen LogP contribution in [0.25, 0.3) is 0 Å². The van der Waals surface area contributed by atoms with Crippen LogP contribution in [0, 0.1) is 0 Å². The van der Waals surface area contributed by atoms with Gasteiger partial charge in [-0.25, -0.2) is 0 Å². The fraction of sp³-hybridized carbons (Fsp3) is 1.00. The Hall–Kier alpha value is 0.620. The molecule has 9 heavy (non-hydrogen) atoms. The first-order valence-corrected chi connectivity index (χ1v) is 5.29. The Bertz CT molecular complexity index is 81.0. The van der Waals surface area contributed by atoms with E-state index in [1.54, 1.807) is 21.6 Å². The lowest BCUT2D eigenvalue weighted by Crippen LogP contribution is -2.27. The molecule has 54 valence electrons. The average molecular weight is 165 g/mol. The lowest BCUT2D eigenvalue weighted by atomic mass is 10.2. The number of aliphatic hydroxyl groups is 1. The number of rotatable bonds is 2. The molecule has 1 N–H and O–H groups in total. The molecule has 0 bridgehead atoms. The van der Waals surface area contributed by atoms with Crippen molar-refractivity contribution < 1.29 is 10.2 Å². The van der Waals surface area contributed by atoms with Crippen molar-refractivity contribution in [3.05, 3.63) is 0 Å². The van der Waals surface area contributed by atoms with E-state index in [-0.39, 0.29) is 0 Å². The van der Waals surface area contributed by atoms with Gasteiger partial charge in [-0.05, 0) is 19.1 Å². The van der Waals surface area contributed by atoms with E-state index in [2.05, 4.69) is 0 Å². The molecule has 1 saturated heterocycles. The minimum absolute atomic E-state index is 0.405. The van der Waals surface area contributed by atoms with Crippen LogP contribution in [0.5, 0.6) is 0 Å². The Kier molecular flexibility index (Phi) is 3.18. The van der Waals surface area contributed by atoms with Gasteiger partial charge in [0.25, 0.3) is 0 Å². The number of aliphatic hydroxyl groups excluding tert-OH is 1. The molecular formula is C5H9O2S2-. The third kappa shape index (κ3) is 2.80. The lowest BCUT2D eigenvalue weighted by Gasteiger charge is -2.17. The quantitative estimate of drug-likeness (QED) is 0.469. The van der Waals surface area contributed by atoms with Gasteiger partial charge in [-0.1, -0.05) is 21.6 Å².